The Morgan fingerprint density at radius 1 is 0.593 bits per heavy atom. The number of carbonyl (C=O) groups excluding carboxylic acids is 3. The van der Waals surface area contributed by atoms with Gasteiger partial charge in [0.1, 0.15) is 0 Å². The number of hydrogen-bond donors (Lipinski definition) is 0. The third kappa shape index (κ3) is 3.46. The van der Waals surface area contributed by atoms with Crippen LogP contribution in [0.5, 0.6) is 0 Å². The van der Waals surface area contributed by atoms with Crippen molar-refractivity contribution < 1.29 is 43.4 Å². The number of rotatable bonds is 6. The minimum atomic E-state index is -1.70. The first-order chi connectivity index (χ1) is 12.5. The van der Waals surface area contributed by atoms with Crippen molar-refractivity contribution in [1.82, 2.24) is 0 Å². The van der Waals surface area contributed by atoms with Crippen LogP contribution in [0.25, 0.3) is 0 Å². The summed E-state index contributed by atoms with van der Waals surface area (Å²) in [5.74, 6) is -5.09. The zero-order valence-corrected chi connectivity index (χ0v) is 13.7. The molecule has 0 fully saturated rings. The molecule has 1 aromatic rings. The predicted octanol–water partition coefficient (Wildman–Crippen LogP) is 0.771. The monoisotopic (exact) mass is 387 g/mol. The Bertz CT molecular complexity index is 755. The molecule has 0 amide bonds. The predicted molar refractivity (Wildman–Crippen MR) is 80.4 cm³/mol. The summed E-state index contributed by atoms with van der Waals surface area (Å²) in [6.07, 6.45) is 0. The molecule has 27 heavy (non-hydrogen) atoms. The van der Waals surface area contributed by atoms with Gasteiger partial charge in [-0.25, -0.2) is 14.4 Å². The zero-order valence-electron chi connectivity index (χ0n) is 13.7. The van der Waals surface area contributed by atoms with Crippen molar-refractivity contribution in [3.8, 4) is 0 Å². The molecule has 0 radical (unpaired) electrons. The largest absolute Gasteiger partial charge is 0.465 e. The van der Waals surface area contributed by atoms with E-state index in [1.165, 1.54) is 0 Å². The van der Waals surface area contributed by atoms with Gasteiger partial charge in [-0.3, -0.25) is 30.3 Å². The molecule has 1 aromatic carbocycles. The van der Waals surface area contributed by atoms with E-state index in [9.17, 15) is 44.7 Å². The molecule has 0 aromatic heterocycles. The number of nitro groups is 3. The lowest BCUT2D eigenvalue weighted by Crippen LogP contribution is -2.21. The minimum Gasteiger partial charge on any atom is -0.465 e. The Hall–Kier alpha value is -4.17. The van der Waals surface area contributed by atoms with E-state index < -0.39 is 66.4 Å². The van der Waals surface area contributed by atoms with Gasteiger partial charge in [0.15, 0.2) is 0 Å². The summed E-state index contributed by atoms with van der Waals surface area (Å²) in [6, 6.07) is 0. The van der Waals surface area contributed by atoms with Gasteiger partial charge in [0.25, 0.3) is 0 Å². The lowest BCUT2D eigenvalue weighted by Gasteiger charge is -2.11. The summed E-state index contributed by atoms with van der Waals surface area (Å²) in [5, 5.41) is 34.2. The lowest BCUT2D eigenvalue weighted by molar-refractivity contribution is -0.404. The standard InChI is InChI=1S/C12H9N3O12/c1-25-10(16)4-7(13(19)20)5(11(17)26-2)9(15(23)24)6(12(18)27-3)8(4)14(21)22/h1-3H3. The van der Waals surface area contributed by atoms with Crippen molar-refractivity contribution in [2.75, 3.05) is 21.3 Å². The molecule has 0 saturated carbocycles. The molecule has 0 atom stereocenters. The maximum absolute atomic E-state index is 12.0. The number of ether oxygens (including phenoxy) is 3. The molecule has 0 bridgehead atoms. The second-order valence-corrected chi connectivity index (χ2v) is 4.42. The SMILES string of the molecule is COC(=O)c1c([N+](=O)[O-])c(C(=O)OC)c([N+](=O)[O-])c(C(=O)OC)c1[N+](=O)[O-]. The van der Waals surface area contributed by atoms with Gasteiger partial charge in [-0.2, -0.15) is 0 Å². The van der Waals surface area contributed by atoms with Crippen LogP contribution >= 0.6 is 0 Å². The van der Waals surface area contributed by atoms with Gasteiger partial charge >= 0.3 is 35.0 Å². The summed E-state index contributed by atoms with van der Waals surface area (Å²) in [4.78, 5) is 65.8. The fraction of sp³-hybridized carbons (Fsp3) is 0.250. The van der Waals surface area contributed by atoms with Crippen molar-refractivity contribution in [2.24, 2.45) is 0 Å². The molecule has 0 aliphatic rings. The normalized spacial score (nSPS) is 9.89. The van der Waals surface area contributed by atoms with Crippen molar-refractivity contribution in [1.29, 1.82) is 0 Å². The molecular weight excluding hydrogens is 378 g/mol. The summed E-state index contributed by atoms with van der Waals surface area (Å²) in [7, 11) is 2.10. The van der Waals surface area contributed by atoms with Crippen molar-refractivity contribution >= 4 is 35.0 Å². The minimum absolute atomic E-state index is 0.701. The first-order valence-corrected chi connectivity index (χ1v) is 6.47. The highest BCUT2D eigenvalue weighted by Gasteiger charge is 2.50. The van der Waals surface area contributed by atoms with Crippen LogP contribution in [0, 0.1) is 30.3 Å². The Morgan fingerprint density at radius 3 is 0.889 bits per heavy atom. The van der Waals surface area contributed by atoms with E-state index in [2.05, 4.69) is 14.2 Å². The molecule has 0 heterocycles. The highest BCUT2D eigenvalue weighted by molar-refractivity contribution is 6.14. The maximum atomic E-state index is 12.0. The quantitative estimate of drug-likeness (QED) is 0.287. The van der Waals surface area contributed by atoms with Gasteiger partial charge in [0.05, 0.1) is 36.1 Å². The van der Waals surface area contributed by atoms with Crippen LogP contribution in [0.3, 0.4) is 0 Å². The Kier molecular flexibility index (Phi) is 6.04. The highest BCUT2D eigenvalue weighted by atomic mass is 16.6. The van der Waals surface area contributed by atoms with Gasteiger partial charge in [-0.1, -0.05) is 0 Å². The van der Waals surface area contributed by atoms with Gasteiger partial charge < -0.3 is 14.2 Å². The molecule has 15 nitrogen and oxygen atoms in total. The number of carbonyl (C=O) groups is 3. The second-order valence-electron chi connectivity index (χ2n) is 4.42. The maximum Gasteiger partial charge on any atom is 0.352 e. The van der Waals surface area contributed by atoms with Crippen molar-refractivity contribution in [3.63, 3.8) is 0 Å². The average molecular weight is 387 g/mol. The first-order valence-electron chi connectivity index (χ1n) is 6.47. The Labute approximate surface area is 147 Å². The van der Waals surface area contributed by atoms with E-state index in [-0.39, 0.29) is 0 Å². The van der Waals surface area contributed by atoms with Gasteiger partial charge in [-0.15, -0.1) is 0 Å². The summed E-state index contributed by atoms with van der Waals surface area (Å²) in [5.41, 5.74) is -9.25. The van der Waals surface area contributed by atoms with E-state index in [4.69, 9.17) is 0 Å². The van der Waals surface area contributed by atoms with Gasteiger partial charge in [0, 0.05) is 0 Å². The van der Waals surface area contributed by atoms with E-state index >= 15 is 0 Å². The van der Waals surface area contributed by atoms with E-state index in [0.29, 0.717) is 21.3 Å². The van der Waals surface area contributed by atoms with Crippen LogP contribution in [-0.4, -0.2) is 54.0 Å². The van der Waals surface area contributed by atoms with Crippen LogP contribution in [0.4, 0.5) is 17.1 Å². The molecule has 1 rings (SSSR count). The van der Waals surface area contributed by atoms with Gasteiger partial charge in [-0.05, 0) is 0 Å². The number of nitro benzene ring substituents is 3. The molecular formula is C12H9N3O12. The van der Waals surface area contributed by atoms with Crippen LogP contribution in [-0.2, 0) is 14.2 Å². The van der Waals surface area contributed by atoms with Crippen LogP contribution in [0.2, 0.25) is 0 Å². The molecule has 0 unspecified atom stereocenters. The van der Waals surface area contributed by atoms with Gasteiger partial charge in [0.2, 0.25) is 16.7 Å². The number of nitrogens with zero attached hydrogens (tertiary/aromatic N) is 3. The summed E-state index contributed by atoms with van der Waals surface area (Å²) in [6.45, 7) is 0. The molecule has 144 valence electrons. The molecule has 0 aliphatic heterocycles. The smallest absolute Gasteiger partial charge is 0.352 e. The number of methoxy groups -OCH3 is 3. The van der Waals surface area contributed by atoms with Crippen molar-refractivity contribution in [3.05, 3.63) is 47.0 Å². The number of esters is 3. The van der Waals surface area contributed by atoms with E-state index in [1.807, 2.05) is 0 Å². The summed E-state index contributed by atoms with van der Waals surface area (Å²) < 4.78 is 12.7. The fourth-order valence-electron chi connectivity index (χ4n) is 2.15. The lowest BCUT2D eigenvalue weighted by atomic mass is 9.96. The van der Waals surface area contributed by atoms with Crippen LogP contribution in [0.1, 0.15) is 31.1 Å². The van der Waals surface area contributed by atoms with Crippen LogP contribution < -0.4 is 0 Å². The average Bonchev–Trinajstić information content (AvgIpc) is 2.62. The second kappa shape index (κ2) is 7.81. The molecule has 0 N–H and O–H groups in total. The third-order valence-electron chi connectivity index (χ3n) is 3.14. The molecule has 0 saturated heterocycles. The first kappa shape index (κ1) is 20.9. The molecule has 0 spiro atoms. The van der Waals surface area contributed by atoms with E-state index in [0.717, 1.165) is 0 Å². The van der Waals surface area contributed by atoms with Crippen LogP contribution in [0.15, 0.2) is 0 Å². The zero-order chi connectivity index (χ0) is 21.0. The number of hydrogen-bond acceptors (Lipinski definition) is 12. The Morgan fingerprint density at radius 2 is 0.778 bits per heavy atom. The fourth-order valence-corrected chi connectivity index (χ4v) is 2.15. The highest BCUT2D eigenvalue weighted by Crippen LogP contribution is 2.43. The molecule has 15 heteroatoms. The number of benzene rings is 1. The molecule has 0 aliphatic carbocycles. The van der Waals surface area contributed by atoms with E-state index in [1.54, 1.807) is 0 Å². The Balaban J connectivity index is 4.52. The summed E-state index contributed by atoms with van der Waals surface area (Å²) >= 11 is 0. The third-order valence-corrected chi connectivity index (χ3v) is 3.14. The topological polar surface area (TPSA) is 208 Å². The van der Waals surface area contributed by atoms with Crippen molar-refractivity contribution in [2.45, 2.75) is 0 Å².